The standard InChI is InChI=1S/C22H27N5O3/c1-15-4-8-19(9-5-15)26-22(30)24-13-16-3-2-12-27(14-16)20(28)17-6-10-18(11-7-17)25-21(23)29/h4-11,16H,2-3,12-14H2,1H3,(H3,23,25,29)(H2,24,26,30). The van der Waals surface area contributed by atoms with E-state index in [-0.39, 0.29) is 17.9 Å². The van der Waals surface area contributed by atoms with Crippen molar-refractivity contribution in [1.82, 2.24) is 10.2 Å². The molecule has 158 valence electrons. The summed E-state index contributed by atoms with van der Waals surface area (Å²) in [6.45, 7) is 3.77. The van der Waals surface area contributed by atoms with E-state index in [1.165, 1.54) is 0 Å². The Morgan fingerprint density at radius 2 is 1.63 bits per heavy atom. The molecule has 5 amide bonds. The van der Waals surface area contributed by atoms with Gasteiger partial charge in [-0.2, -0.15) is 0 Å². The maximum atomic E-state index is 12.8. The Labute approximate surface area is 175 Å². The molecule has 2 aromatic rings. The highest BCUT2D eigenvalue weighted by Crippen LogP contribution is 2.19. The normalized spacial score (nSPS) is 15.9. The van der Waals surface area contributed by atoms with Gasteiger partial charge in [0.15, 0.2) is 0 Å². The summed E-state index contributed by atoms with van der Waals surface area (Å²) < 4.78 is 0. The molecule has 2 aromatic carbocycles. The predicted octanol–water partition coefficient (Wildman–Crippen LogP) is 3.16. The Balaban J connectivity index is 1.49. The summed E-state index contributed by atoms with van der Waals surface area (Å²) in [5.41, 5.74) is 8.06. The molecular weight excluding hydrogens is 382 g/mol. The summed E-state index contributed by atoms with van der Waals surface area (Å²) in [5, 5.41) is 8.19. The summed E-state index contributed by atoms with van der Waals surface area (Å²) in [4.78, 5) is 37.7. The number of carbonyl (C=O) groups excluding carboxylic acids is 3. The van der Waals surface area contributed by atoms with Crippen molar-refractivity contribution in [3.05, 3.63) is 59.7 Å². The fourth-order valence-corrected chi connectivity index (χ4v) is 3.49. The summed E-state index contributed by atoms with van der Waals surface area (Å²) >= 11 is 0. The third-order valence-corrected chi connectivity index (χ3v) is 5.07. The summed E-state index contributed by atoms with van der Waals surface area (Å²) in [7, 11) is 0. The van der Waals surface area contributed by atoms with Gasteiger partial charge in [-0.15, -0.1) is 0 Å². The molecule has 0 aromatic heterocycles. The number of primary amides is 1. The Morgan fingerprint density at radius 1 is 1.00 bits per heavy atom. The number of hydrogen-bond acceptors (Lipinski definition) is 3. The number of carbonyl (C=O) groups is 3. The van der Waals surface area contributed by atoms with Crippen LogP contribution in [-0.2, 0) is 0 Å². The first-order valence-electron chi connectivity index (χ1n) is 9.98. The van der Waals surface area contributed by atoms with Crippen molar-refractivity contribution in [1.29, 1.82) is 0 Å². The van der Waals surface area contributed by atoms with Gasteiger partial charge in [-0.1, -0.05) is 17.7 Å². The number of anilines is 2. The molecule has 0 saturated carbocycles. The van der Waals surface area contributed by atoms with Crippen LogP contribution < -0.4 is 21.7 Å². The molecule has 1 unspecified atom stereocenters. The minimum atomic E-state index is -0.646. The second-order valence-electron chi connectivity index (χ2n) is 7.53. The molecule has 1 fully saturated rings. The topological polar surface area (TPSA) is 117 Å². The van der Waals surface area contributed by atoms with Gasteiger partial charge in [-0.3, -0.25) is 4.79 Å². The molecule has 1 atom stereocenters. The highest BCUT2D eigenvalue weighted by molar-refractivity contribution is 5.95. The van der Waals surface area contributed by atoms with Gasteiger partial charge < -0.3 is 26.6 Å². The summed E-state index contributed by atoms with van der Waals surface area (Å²) in [5.74, 6) is 0.136. The number of amides is 5. The van der Waals surface area contributed by atoms with Gasteiger partial charge in [0, 0.05) is 36.6 Å². The van der Waals surface area contributed by atoms with Crippen molar-refractivity contribution in [2.24, 2.45) is 11.7 Å². The van der Waals surface area contributed by atoms with E-state index >= 15 is 0 Å². The zero-order valence-corrected chi connectivity index (χ0v) is 17.0. The summed E-state index contributed by atoms with van der Waals surface area (Å²) in [6, 6.07) is 13.3. The van der Waals surface area contributed by atoms with Crippen molar-refractivity contribution in [2.75, 3.05) is 30.3 Å². The molecular formula is C22H27N5O3. The zero-order chi connectivity index (χ0) is 21.5. The van der Waals surface area contributed by atoms with Gasteiger partial charge in [0.05, 0.1) is 0 Å². The number of nitrogens with two attached hydrogens (primary N) is 1. The van der Waals surface area contributed by atoms with E-state index in [2.05, 4.69) is 16.0 Å². The lowest BCUT2D eigenvalue weighted by molar-refractivity contribution is 0.0675. The van der Waals surface area contributed by atoms with Crippen molar-refractivity contribution < 1.29 is 14.4 Å². The van der Waals surface area contributed by atoms with E-state index in [0.29, 0.717) is 30.9 Å². The van der Waals surface area contributed by atoms with Crippen LogP contribution in [0.5, 0.6) is 0 Å². The van der Waals surface area contributed by atoms with E-state index in [0.717, 1.165) is 24.1 Å². The van der Waals surface area contributed by atoms with Crippen LogP contribution in [0.3, 0.4) is 0 Å². The molecule has 30 heavy (non-hydrogen) atoms. The average molecular weight is 409 g/mol. The van der Waals surface area contributed by atoms with Crippen molar-refractivity contribution >= 4 is 29.3 Å². The van der Waals surface area contributed by atoms with Crippen molar-refractivity contribution in [2.45, 2.75) is 19.8 Å². The van der Waals surface area contributed by atoms with Gasteiger partial charge in [0.1, 0.15) is 0 Å². The number of likely N-dealkylation sites (tertiary alicyclic amines) is 1. The molecule has 1 aliphatic rings. The predicted molar refractivity (Wildman–Crippen MR) is 116 cm³/mol. The van der Waals surface area contributed by atoms with Crippen LogP contribution in [-0.4, -0.2) is 42.5 Å². The number of aryl methyl sites for hydroxylation is 1. The maximum absolute atomic E-state index is 12.8. The molecule has 3 rings (SSSR count). The van der Waals surface area contributed by atoms with E-state index in [1.54, 1.807) is 24.3 Å². The third-order valence-electron chi connectivity index (χ3n) is 5.07. The smallest absolute Gasteiger partial charge is 0.319 e. The fraction of sp³-hybridized carbons (Fsp3) is 0.318. The molecule has 8 heteroatoms. The summed E-state index contributed by atoms with van der Waals surface area (Å²) in [6.07, 6.45) is 1.84. The average Bonchev–Trinajstić information content (AvgIpc) is 2.74. The maximum Gasteiger partial charge on any atom is 0.319 e. The van der Waals surface area contributed by atoms with Gasteiger partial charge in [0.2, 0.25) is 0 Å². The number of nitrogens with zero attached hydrogens (tertiary/aromatic N) is 1. The number of rotatable bonds is 5. The first-order valence-corrected chi connectivity index (χ1v) is 9.98. The molecule has 5 N–H and O–H groups in total. The van der Waals surface area contributed by atoms with Crippen molar-refractivity contribution in [3.8, 4) is 0 Å². The Morgan fingerprint density at radius 3 is 2.30 bits per heavy atom. The van der Waals surface area contributed by atoms with Crippen LogP contribution in [0.4, 0.5) is 21.0 Å². The molecule has 1 heterocycles. The highest BCUT2D eigenvalue weighted by Gasteiger charge is 2.24. The first kappa shape index (κ1) is 21.2. The molecule has 0 spiro atoms. The van der Waals surface area contributed by atoms with Crippen LogP contribution >= 0.6 is 0 Å². The third kappa shape index (κ3) is 5.97. The minimum absolute atomic E-state index is 0.0607. The van der Waals surface area contributed by atoms with E-state index in [9.17, 15) is 14.4 Å². The van der Waals surface area contributed by atoms with Gasteiger partial charge in [-0.05, 0) is 62.1 Å². The first-order chi connectivity index (χ1) is 14.4. The van der Waals surface area contributed by atoms with Gasteiger partial charge >= 0.3 is 12.1 Å². The lowest BCUT2D eigenvalue weighted by atomic mass is 9.97. The lowest BCUT2D eigenvalue weighted by Crippen LogP contribution is -2.44. The number of piperidine rings is 1. The molecule has 0 bridgehead atoms. The zero-order valence-electron chi connectivity index (χ0n) is 17.0. The van der Waals surface area contributed by atoms with Gasteiger partial charge in [0.25, 0.3) is 5.91 Å². The number of hydrogen-bond donors (Lipinski definition) is 4. The molecule has 8 nitrogen and oxygen atoms in total. The fourth-order valence-electron chi connectivity index (χ4n) is 3.49. The Hall–Kier alpha value is -3.55. The monoisotopic (exact) mass is 409 g/mol. The largest absolute Gasteiger partial charge is 0.351 e. The van der Waals surface area contributed by atoms with Crippen molar-refractivity contribution in [3.63, 3.8) is 0 Å². The number of benzene rings is 2. The molecule has 0 radical (unpaired) electrons. The lowest BCUT2D eigenvalue weighted by Gasteiger charge is -2.33. The van der Waals surface area contributed by atoms with E-state index < -0.39 is 6.03 Å². The van der Waals surface area contributed by atoms with Crippen LogP contribution in [0, 0.1) is 12.8 Å². The van der Waals surface area contributed by atoms with Crippen LogP contribution in [0.25, 0.3) is 0 Å². The van der Waals surface area contributed by atoms with Gasteiger partial charge in [-0.25, -0.2) is 9.59 Å². The van der Waals surface area contributed by atoms with E-state index in [1.807, 2.05) is 36.1 Å². The van der Waals surface area contributed by atoms with E-state index in [4.69, 9.17) is 5.73 Å². The minimum Gasteiger partial charge on any atom is -0.351 e. The Kier molecular flexibility index (Phi) is 6.90. The quantitative estimate of drug-likeness (QED) is 0.608. The molecule has 1 aliphatic heterocycles. The van der Waals surface area contributed by atoms with Crippen LogP contribution in [0.1, 0.15) is 28.8 Å². The highest BCUT2D eigenvalue weighted by atomic mass is 16.2. The molecule has 0 aliphatic carbocycles. The Bertz CT molecular complexity index is 896. The second kappa shape index (κ2) is 9.78. The SMILES string of the molecule is Cc1ccc(NC(=O)NCC2CCCN(C(=O)c3ccc(NC(N)=O)cc3)C2)cc1. The van der Waals surface area contributed by atoms with Crippen LogP contribution in [0.15, 0.2) is 48.5 Å². The number of nitrogens with one attached hydrogen (secondary N) is 3. The van der Waals surface area contributed by atoms with Crippen LogP contribution in [0.2, 0.25) is 0 Å². The second-order valence-corrected chi connectivity index (χ2v) is 7.53. The molecule has 1 saturated heterocycles. The number of urea groups is 2.